The summed E-state index contributed by atoms with van der Waals surface area (Å²) >= 11 is 0. The minimum Gasteiger partial charge on any atom is -0.318 e. The molecule has 0 bridgehead atoms. The van der Waals surface area contributed by atoms with Crippen LogP contribution in [0, 0.1) is 20.2 Å². The molecule has 86 valence electrons. The van der Waals surface area contributed by atoms with Crippen molar-refractivity contribution in [3.05, 3.63) is 63.0 Å². The summed E-state index contributed by atoms with van der Waals surface area (Å²) in [6.45, 7) is 0. The van der Waals surface area contributed by atoms with Gasteiger partial charge >= 0.3 is 0 Å². The zero-order valence-corrected chi connectivity index (χ0v) is 8.52. The average molecular weight is 233 g/mol. The first-order valence-corrected chi connectivity index (χ1v) is 4.66. The van der Waals surface area contributed by atoms with Crippen LogP contribution in [0.4, 0.5) is 11.4 Å². The van der Waals surface area contributed by atoms with E-state index in [0.29, 0.717) is 5.69 Å². The Balaban J connectivity index is 2.61. The Labute approximate surface area is 95.2 Å². The van der Waals surface area contributed by atoms with Crippen molar-refractivity contribution in [2.45, 2.75) is 0 Å². The number of hydrogen-bond donors (Lipinski definition) is 0. The van der Waals surface area contributed by atoms with E-state index in [1.54, 1.807) is 24.5 Å². The molecule has 2 rings (SSSR count). The lowest BCUT2D eigenvalue weighted by molar-refractivity contribution is -0.394. The van der Waals surface area contributed by atoms with Crippen LogP contribution in [-0.4, -0.2) is 14.4 Å². The van der Waals surface area contributed by atoms with E-state index in [9.17, 15) is 20.2 Å². The maximum atomic E-state index is 10.9. The molecule has 0 N–H and O–H groups in total. The number of aromatic nitrogens is 1. The largest absolute Gasteiger partial charge is 0.318 e. The van der Waals surface area contributed by atoms with E-state index in [1.807, 2.05) is 0 Å². The van der Waals surface area contributed by atoms with Crippen molar-refractivity contribution < 1.29 is 9.85 Å². The minimum atomic E-state index is -0.660. The summed E-state index contributed by atoms with van der Waals surface area (Å²) < 4.78 is 1.53. The van der Waals surface area contributed by atoms with E-state index in [1.165, 1.54) is 16.7 Å². The molecule has 7 heteroatoms. The fourth-order valence-electron chi connectivity index (χ4n) is 1.49. The van der Waals surface area contributed by atoms with Gasteiger partial charge in [-0.05, 0) is 18.2 Å². The number of nitrogens with zero attached hydrogens (tertiary/aromatic N) is 3. The van der Waals surface area contributed by atoms with Crippen molar-refractivity contribution in [3.63, 3.8) is 0 Å². The second-order valence-corrected chi connectivity index (χ2v) is 3.28. The second kappa shape index (κ2) is 4.05. The zero-order chi connectivity index (χ0) is 12.4. The highest BCUT2D eigenvalue weighted by Crippen LogP contribution is 2.27. The number of nitro groups is 2. The molecule has 17 heavy (non-hydrogen) atoms. The van der Waals surface area contributed by atoms with E-state index in [4.69, 9.17) is 0 Å². The van der Waals surface area contributed by atoms with Crippen LogP contribution in [0.1, 0.15) is 0 Å². The van der Waals surface area contributed by atoms with Gasteiger partial charge in [0.15, 0.2) is 0 Å². The molecule has 0 saturated carbocycles. The van der Waals surface area contributed by atoms with E-state index in [-0.39, 0.29) is 11.4 Å². The predicted molar refractivity (Wildman–Crippen MR) is 59.1 cm³/mol. The highest BCUT2D eigenvalue weighted by Gasteiger charge is 2.19. The van der Waals surface area contributed by atoms with Gasteiger partial charge in [-0.3, -0.25) is 20.2 Å². The maximum absolute atomic E-state index is 10.9. The topological polar surface area (TPSA) is 91.2 Å². The molecule has 0 saturated heterocycles. The van der Waals surface area contributed by atoms with Gasteiger partial charge in [-0.25, -0.2) is 0 Å². The van der Waals surface area contributed by atoms with Crippen molar-refractivity contribution in [2.24, 2.45) is 0 Å². The first-order chi connectivity index (χ1) is 8.09. The van der Waals surface area contributed by atoms with E-state index >= 15 is 0 Å². The smallest absolute Gasteiger partial charge is 0.300 e. The molecule has 1 aromatic carbocycles. The zero-order valence-electron chi connectivity index (χ0n) is 8.52. The molecule has 7 nitrogen and oxygen atoms in total. The number of non-ortho nitro benzene ring substituents is 1. The van der Waals surface area contributed by atoms with E-state index < -0.39 is 9.85 Å². The maximum Gasteiger partial charge on any atom is 0.300 e. The van der Waals surface area contributed by atoms with Crippen LogP contribution in [0.3, 0.4) is 0 Å². The minimum absolute atomic E-state index is 0.296. The average Bonchev–Trinajstić information content (AvgIpc) is 2.81. The van der Waals surface area contributed by atoms with Crippen LogP contribution >= 0.6 is 0 Å². The van der Waals surface area contributed by atoms with Gasteiger partial charge in [0, 0.05) is 18.5 Å². The molecule has 2 aromatic rings. The summed E-state index contributed by atoms with van der Waals surface area (Å²) in [5, 5.41) is 21.4. The fraction of sp³-hybridized carbons (Fsp3) is 0. The third kappa shape index (κ3) is 1.98. The highest BCUT2D eigenvalue weighted by molar-refractivity contribution is 5.58. The molecule has 0 unspecified atom stereocenters. The first kappa shape index (κ1) is 10.8. The lowest BCUT2D eigenvalue weighted by atomic mass is 10.2. The molecule has 0 atom stereocenters. The molecular weight excluding hydrogens is 226 g/mol. The van der Waals surface area contributed by atoms with E-state index in [2.05, 4.69) is 0 Å². The van der Waals surface area contributed by atoms with Crippen molar-refractivity contribution >= 4 is 11.4 Å². The first-order valence-electron chi connectivity index (χ1n) is 4.66. The van der Waals surface area contributed by atoms with Gasteiger partial charge in [0.25, 0.3) is 11.4 Å². The molecule has 0 aliphatic rings. The third-order valence-corrected chi connectivity index (χ3v) is 2.25. The Morgan fingerprint density at radius 3 is 2.18 bits per heavy atom. The summed E-state index contributed by atoms with van der Waals surface area (Å²) in [5.41, 5.74) is -0.298. The second-order valence-electron chi connectivity index (χ2n) is 3.28. The molecule has 0 aliphatic carbocycles. The standard InChI is InChI=1S/C10H7N3O4/c14-12(15)8-3-4-9(10(7-8)13(16)17)11-5-1-2-6-11/h1-7H. The molecule has 0 radical (unpaired) electrons. The van der Waals surface area contributed by atoms with Gasteiger partial charge in [0.2, 0.25) is 0 Å². The molecule has 0 amide bonds. The molecule has 1 aromatic heterocycles. The van der Waals surface area contributed by atoms with Gasteiger partial charge in [0.1, 0.15) is 5.69 Å². The molecule has 1 heterocycles. The third-order valence-electron chi connectivity index (χ3n) is 2.25. The number of rotatable bonds is 3. The molecule has 0 fully saturated rings. The van der Waals surface area contributed by atoms with E-state index in [0.717, 1.165) is 6.07 Å². The van der Waals surface area contributed by atoms with Crippen molar-refractivity contribution in [2.75, 3.05) is 0 Å². The van der Waals surface area contributed by atoms with Crippen LogP contribution in [-0.2, 0) is 0 Å². The van der Waals surface area contributed by atoms with Gasteiger partial charge in [-0.2, -0.15) is 0 Å². The van der Waals surface area contributed by atoms with Crippen LogP contribution in [0.15, 0.2) is 42.7 Å². The predicted octanol–water partition coefficient (Wildman–Crippen LogP) is 2.29. The highest BCUT2D eigenvalue weighted by atomic mass is 16.6. The molecule has 0 spiro atoms. The van der Waals surface area contributed by atoms with Crippen LogP contribution in [0.25, 0.3) is 5.69 Å². The summed E-state index contributed by atoms with van der Waals surface area (Å²) in [7, 11) is 0. The fourth-order valence-corrected chi connectivity index (χ4v) is 1.49. The van der Waals surface area contributed by atoms with Crippen molar-refractivity contribution in [1.82, 2.24) is 4.57 Å². The Bertz CT molecular complexity index is 577. The quantitative estimate of drug-likeness (QED) is 0.600. The van der Waals surface area contributed by atoms with Crippen LogP contribution < -0.4 is 0 Å². The van der Waals surface area contributed by atoms with Crippen molar-refractivity contribution in [3.8, 4) is 5.69 Å². The Kier molecular flexibility index (Phi) is 2.57. The summed E-state index contributed by atoms with van der Waals surface area (Å²) in [5.74, 6) is 0. The number of hydrogen-bond acceptors (Lipinski definition) is 4. The Morgan fingerprint density at radius 2 is 1.65 bits per heavy atom. The van der Waals surface area contributed by atoms with Gasteiger partial charge < -0.3 is 4.57 Å². The monoisotopic (exact) mass is 233 g/mol. The van der Waals surface area contributed by atoms with Crippen molar-refractivity contribution in [1.29, 1.82) is 0 Å². The lowest BCUT2D eigenvalue weighted by Crippen LogP contribution is -1.99. The number of benzene rings is 1. The van der Waals surface area contributed by atoms with Crippen LogP contribution in [0.2, 0.25) is 0 Å². The SMILES string of the molecule is O=[N+]([O-])c1ccc(-n2cccc2)c([N+](=O)[O-])c1. The van der Waals surface area contributed by atoms with Crippen LogP contribution in [0.5, 0.6) is 0 Å². The van der Waals surface area contributed by atoms with Gasteiger partial charge in [-0.1, -0.05) is 0 Å². The summed E-state index contributed by atoms with van der Waals surface area (Å²) in [6, 6.07) is 6.98. The Hall–Kier alpha value is -2.70. The van der Waals surface area contributed by atoms with Gasteiger partial charge in [0.05, 0.1) is 15.9 Å². The lowest BCUT2D eigenvalue weighted by Gasteiger charge is -2.03. The molecular formula is C10H7N3O4. The summed E-state index contributed by atoms with van der Waals surface area (Å²) in [4.78, 5) is 20.1. The van der Waals surface area contributed by atoms with Gasteiger partial charge in [-0.15, -0.1) is 0 Å². The molecule has 0 aliphatic heterocycles. The normalized spacial score (nSPS) is 10.1. The summed E-state index contributed by atoms with van der Waals surface area (Å²) in [6.07, 6.45) is 3.27. The Morgan fingerprint density at radius 1 is 1.00 bits per heavy atom. The number of nitro benzene ring substituents is 2.